The second kappa shape index (κ2) is 4.47. The van der Waals surface area contributed by atoms with Gasteiger partial charge in [0.1, 0.15) is 5.75 Å². The molecule has 114 valence electrons. The van der Waals surface area contributed by atoms with Gasteiger partial charge in [0.05, 0.1) is 23.0 Å². The number of hydrogen-bond acceptors (Lipinski definition) is 6. The average Bonchev–Trinajstić information content (AvgIpc) is 2.83. The summed E-state index contributed by atoms with van der Waals surface area (Å²) >= 11 is 6.32. The molecule has 2 atom stereocenters. The standard InChI is InChI=1S/C15H16ClN5O/c1-21-7-15(6-19-11-4-8(22)2-3-9(11)15)13(21)12-10(16)5-18-14(17)20-12/h2-5,13,19,22H,6-7H2,1H3,(H2,17,18,20)/t13-,15?/m0/s1. The van der Waals surface area contributed by atoms with E-state index in [1.54, 1.807) is 18.3 Å². The number of anilines is 2. The lowest BCUT2D eigenvalue weighted by molar-refractivity contribution is 0.0151. The number of fused-ring (bicyclic) bond motifs is 2. The van der Waals surface area contributed by atoms with Gasteiger partial charge < -0.3 is 16.2 Å². The summed E-state index contributed by atoms with van der Waals surface area (Å²) in [7, 11) is 2.04. The molecule has 0 bridgehead atoms. The molecule has 22 heavy (non-hydrogen) atoms. The van der Waals surface area contributed by atoms with E-state index in [4.69, 9.17) is 17.3 Å². The van der Waals surface area contributed by atoms with Crippen molar-refractivity contribution in [3.05, 3.63) is 40.7 Å². The molecule has 1 saturated heterocycles. The van der Waals surface area contributed by atoms with E-state index in [9.17, 15) is 5.11 Å². The summed E-state index contributed by atoms with van der Waals surface area (Å²) in [6.07, 6.45) is 1.55. The van der Waals surface area contributed by atoms with Crippen LogP contribution in [0, 0.1) is 0 Å². The zero-order valence-corrected chi connectivity index (χ0v) is 12.8. The molecule has 2 aliphatic heterocycles. The summed E-state index contributed by atoms with van der Waals surface area (Å²) < 4.78 is 0. The number of nitrogens with two attached hydrogens (primary N) is 1. The van der Waals surface area contributed by atoms with E-state index in [1.165, 1.54) is 5.56 Å². The second-order valence-corrected chi connectivity index (χ2v) is 6.43. The highest BCUT2D eigenvalue weighted by Crippen LogP contribution is 2.55. The van der Waals surface area contributed by atoms with Crippen LogP contribution in [-0.4, -0.2) is 40.1 Å². The Morgan fingerprint density at radius 3 is 3.09 bits per heavy atom. The number of likely N-dealkylation sites (N-methyl/N-ethyl adjacent to an activating group) is 1. The second-order valence-electron chi connectivity index (χ2n) is 6.02. The van der Waals surface area contributed by atoms with Crippen molar-refractivity contribution >= 4 is 23.2 Å². The summed E-state index contributed by atoms with van der Waals surface area (Å²) in [6, 6.07) is 5.49. The first-order valence-electron chi connectivity index (χ1n) is 7.07. The van der Waals surface area contributed by atoms with Gasteiger partial charge in [-0.3, -0.25) is 4.90 Å². The molecule has 4 rings (SSSR count). The highest BCUT2D eigenvalue weighted by Gasteiger charge is 2.57. The molecule has 4 N–H and O–H groups in total. The fourth-order valence-electron chi connectivity index (χ4n) is 3.83. The zero-order chi connectivity index (χ0) is 15.5. The van der Waals surface area contributed by atoms with Gasteiger partial charge in [-0.1, -0.05) is 17.7 Å². The average molecular weight is 318 g/mol. The number of aromatic nitrogens is 2. The maximum atomic E-state index is 9.66. The third-order valence-electron chi connectivity index (χ3n) is 4.68. The summed E-state index contributed by atoms with van der Waals surface area (Å²) in [5.41, 5.74) is 8.54. The third-order valence-corrected chi connectivity index (χ3v) is 4.97. The molecule has 0 amide bonds. The molecule has 2 aliphatic rings. The number of halogens is 1. The predicted molar refractivity (Wildman–Crippen MR) is 85.1 cm³/mol. The van der Waals surface area contributed by atoms with E-state index in [2.05, 4.69) is 20.2 Å². The number of nitrogens with one attached hydrogen (secondary N) is 1. The number of benzene rings is 1. The first kappa shape index (κ1) is 13.6. The Morgan fingerprint density at radius 1 is 1.50 bits per heavy atom. The van der Waals surface area contributed by atoms with Gasteiger partial charge in [0.2, 0.25) is 5.95 Å². The van der Waals surface area contributed by atoms with Crippen molar-refractivity contribution in [3.8, 4) is 5.75 Å². The monoisotopic (exact) mass is 317 g/mol. The molecule has 1 spiro atoms. The molecule has 1 aromatic carbocycles. The first-order valence-corrected chi connectivity index (χ1v) is 7.44. The number of phenols is 1. The number of nitrogens with zero attached hydrogens (tertiary/aromatic N) is 3. The maximum absolute atomic E-state index is 9.66. The Balaban J connectivity index is 1.83. The highest BCUT2D eigenvalue weighted by molar-refractivity contribution is 6.31. The van der Waals surface area contributed by atoms with Crippen LogP contribution >= 0.6 is 11.6 Å². The van der Waals surface area contributed by atoms with Crippen LogP contribution in [0.1, 0.15) is 17.3 Å². The molecule has 7 heteroatoms. The normalized spacial score (nSPS) is 26.5. The molecule has 2 aromatic rings. The minimum Gasteiger partial charge on any atom is -0.508 e. The zero-order valence-electron chi connectivity index (χ0n) is 12.0. The van der Waals surface area contributed by atoms with Crippen molar-refractivity contribution in [1.29, 1.82) is 0 Å². The predicted octanol–water partition coefficient (Wildman–Crippen LogP) is 1.77. The van der Waals surface area contributed by atoms with E-state index >= 15 is 0 Å². The van der Waals surface area contributed by atoms with Crippen LogP contribution in [0.25, 0.3) is 0 Å². The van der Waals surface area contributed by atoms with E-state index in [1.807, 2.05) is 13.1 Å². The molecule has 1 unspecified atom stereocenters. The Bertz CT molecular complexity index is 768. The Kier molecular flexibility index (Phi) is 2.76. The fourth-order valence-corrected chi connectivity index (χ4v) is 4.03. The molecule has 0 saturated carbocycles. The number of aromatic hydroxyl groups is 1. The number of likely N-dealkylation sites (tertiary alicyclic amines) is 1. The Labute approximate surface area is 132 Å². The van der Waals surface area contributed by atoms with Crippen molar-refractivity contribution < 1.29 is 5.11 Å². The van der Waals surface area contributed by atoms with Gasteiger partial charge >= 0.3 is 0 Å². The highest BCUT2D eigenvalue weighted by atomic mass is 35.5. The Morgan fingerprint density at radius 2 is 2.32 bits per heavy atom. The van der Waals surface area contributed by atoms with Gasteiger partial charge in [0.15, 0.2) is 0 Å². The molecular formula is C15H16ClN5O. The van der Waals surface area contributed by atoms with Crippen LogP contribution in [0.5, 0.6) is 5.75 Å². The quantitative estimate of drug-likeness (QED) is 0.743. The minimum absolute atomic E-state index is 0.0311. The van der Waals surface area contributed by atoms with Gasteiger partial charge in [-0.15, -0.1) is 0 Å². The smallest absolute Gasteiger partial charge is 0.220 e. The summed E-state index contributed by atoms with van der Waals surface area (Å²) in [4.78, 5) is 10.5. The van der Waals surface area contributed by atoms with Crippen LogP contribution in [0.3, 0.4) is 0 Å². The van der Waals surface area contributed by atoms with Crippen LogP contribution in [0.4, 0.5) is 11.6 Å². The van der Waals surface area contributed by atoms with E-state index < -0.39 is 0 Å². The molecule has 3 heterocycles. The number of rotatable bonds is 1. The molecular weight excluding hydrogens is 302 g/mol. The summed E-state index contributed by atoms with van der Waals surface area (Å²) in [5.74, 6) is 0.489. The molecule has 0 aliphatic carbocycles. The van der Waals surface area contributed by atoms with Crippen LogP contribution < -0.4 is 11.1 Å². The van der Waals surface area contributed by atoms with Gasteiger partial charge in [-0.05, 0) is 18.7 Å². The first-order chi connectivity index (χ1) is 10.5. The third kappa shape index (κ3) is 1.71. The molecule has 0 radical (unpaired) electrons. The van der Waals surface area contributed by atoms with Crippen molar-refractivity contribution in [3.63, 3.8) is 0 Å². The lowest BCUT2D eigenvalue weighted by atomic mass is 9.67. The lowest BCUT2D eigenvalue weighted by Crippen LogP contribution is -2.61. The molecule has 1 aromatic heterocycles. The fraction of sp³-hybridized carbons (Fsp3) is 0.333. The molecule has 6 nitrogen and oxygen atoms in total. The van der Waals surface area contributed by atoms with Gasteiger partial charge in [-0.25, -0.2) is 9.97 Å². The largest absolute Gasteiger partial charge is 0.508 e. The van der Waals surface area contributed by atoms with Gasteiger partial charge in [0.25, 0.3) is 0 Å². The SMILES string of the molecule is CN1CC2(CNc3cc(O)ccc32)[C@@H]1c1nc(N)ncc1Cl. The van der Waals surface area contributed by atoms with Gasteiger partial charge in [-0.2, -0.15) is 0 Å². The Hall–Kier alpha value is -2.05. The van der Waals surface area contributed by atoms with Crippen molar-refractivity contribution in [2.45, 2.75) is 11.5 Å². The van der Waals surface area contributed by atoms with Crippen molar-refractivity contribution in [2.24, 2.45) is 0 Å². The van der Waals surface area contributed by atoms with Crippen molar-refractivity contribution in [2.75, 3.05) is 31.2 Å². The summed E-state index contributed by atoms with van der Waals surface area (Å²) in [6.45, 7) is 1.67. The van der Waals surface area contributed by atoms with E-state index in [-0.39, 0.29) is 23.2 Å². The molecule has 1 fully saturated rings. The van der Waals surface area contributed by atoms with E-state index in [0.29, 0.717) is 5.02 Å². The van der Waals surface area contributed by atoms with Gasteiger partial charge in [0, 0.05) is 30.3 Å². The van der Waals surface area contributed by atoms with Crippen LogP contribution in [0.2, 0.25) is 5.02 Å². The number of phenolic OH excluding ortho intramolecular Hbond substituents is 1. The summed E-state index contributed by atoms with van der Waals surface area (Å²) in [5, 5.41) is 13.6. The minimum atomic E-state index is -0.109. The topological polar surface area (TPSA) is 87.3 Å². The number of hydrogen-bond donors (Lipinski definition) is 3. The maximum Gasteiger partial charge on any atom is 0.220 e. The van der Waals surface area contributed by atoms with Crippen LogP contribution in [0.15, 0.2) is 24.4 Å². The van der Waals surface area contributed by atoms with Crippen molar-refractivity contribution in [1.82, 2.24) is 14.9 Å². The lowest BCUT2D eigenvalue weighted by Gasteiger charge is -2.54. The number of nitrogen functional groups attached to an aromatic ring is 1. The van der Waals surface area contributed by atoms with Crippen LogP contribution in [-0.2, 0) is 5.41 Å². The van der Waals surface area contributed by atoms with E-state index in [0.717, 1.165) is 24.5 Å².